The van der Waals surface area contributed by atoms with Crippen LogP contribution in [0.5, 0.6) is 0 Å². The first-order chi connectivity index (χ1) is 12.2. The standard InChI is InChI=1S/C17H26BClN4O3/c1-16(2)17(3,4)26-18(25-16)12-9-20-15(21-10-12)22-13-6-5-7-23(11-13)14(24)8-19/h9-10,13H,5-8,11H2,1-4H3,(H,20,21,22). The first-order valence-electron chi connectivity index (χ1n) is 9.00. The van der Waals surface area contributed by atoms with Crippen molar-refractivity contribution in [2.24, 2.45) is 0 Å². The number of rotatable bonds is 4. The van der Waals surface area contributed by atoms with E-state index in [9.17, 15) is 4.79 Å². The SMILES string of the molecule is CC1(C)OB(c2cnc(NC3CCCN(C(=O)CCl)C3)nc2)OC1(C)C. The fourth-order valence-corrected chi connectivity index (χ4v) is 3.27. The fraction of sp³-hybridized carbons (Fsp3) is 0.706. The number of aromatic nitrogens is 2. The molecule has 2 saturated heterocycles. The minimum Gasteiger partial charge on any atom is -0.399 e. The number of nitrogens with zero attached hydrogens (tertiary/aromatic N) is 3. The highest BCUT2D eigenvalue weighted by Gasteiger charge is 2.51. The molecule has 1 aromatic rings. The second kappa shape index (κ2) is 7.33. The highest BCUT2D eigenvalue weighted by molar-refractivity contribution is 6.61. The lowest BCUT2D eigenvalue weighted by atomic mass is 9.81. The summed E-state index contributed by atoms with van der Waals surface area (Å²) in [6, 6.07) is 0.124. The van der Waals surface area contributed by atoms with Crippen molar-refractivity contribution in [3.63, 3.8) is 0 Å². The molecule has 3 heterocycles. The number of hydrogen-bond acceptors (Lipinski definition) is 6. The average Bonchev–Trinajstić information content (AvgIpc) is 2.83. The number of carbonyl (C=O) groups excluding carboxylic acids is 1. The van der Waals surface area contributed by atoms with Crippen LogP contribution in [0.1, 0.15) is 40.5 Å². The van der Waals surface area contributed by atoms with Crippen LogP contribution in [0.2, 0.25) is 0 Å². The lowest BCUT2D eigenvalue weighted by Crippen LogP contribution is -2.46. The Morgan fingerprint density at radius 2 is 1.92 bits per heavy atom. The topological polar surface area (TPSA) is 76.6 Å². The maximum atomic E-state index is 11.8. The van der Waals surface area contributed by atoms with Crippen LogP contribution in [0.3, 0.4) is 0 Å². The average molecular weight is 381 g/mol. The van der Waals surface area contributed by atoms with E-state index in [0.717, 1.165) is 24.8 Å². The molecule has 142 valence electrons. The number of halogens is 1. The van der Waals surface area contributed by atoms with Gasteiger partial charge in [-0.1, -0.05) is 0 Å². The Kier molecular flexibility index (Phi) is 5.46. The first-order valence-corrected chi connectivity index (χ1v) is 9.53. The van der Waals surface area contributed by atoms with Crippen molar-refractivity contribution in [2.75, 3.05) is 24.3 Å². The van der Waals surface area contributed by atoms with Crippen LogP contribution in [-0.4, -0.2) is 64.1 Å². The molecule has 0 spiro atoms. The molecule has 1 aromatic heterocycles. The van der Waals surface area contributed by atoms with Crippen molar-refractivity contribution in [3.05, 3.63) is 12.4 Å². The zero-order valence-corrected chi connectivity index (χ0v) is 16.5. The molecule has 0 bridgehead atoms. The van der Waals surface area contributed by atoms with Crippen LogP contribution in [0.15, 0.2) is 12.4 Å². The Bertz CT molecular complexity index is 640. The molecule has 2 fully saturated rings. The highest BCUT2D eigenvalue weighted by Crippen LogP contribution is 2.36. The maximum Gasteiger partial charge on any atom is 0.498 e. The summed E-state index contributed by atoms with van der Waals surface area (Å²) < 4.78 is 12.0. The van der Waals surface area contributed by atoms with Crippen LogP contribution in [0.4, 0.5) is 5.95 Å². The second-order valence-corrected chi connectivity index (χ2v) is 8.15. The van der Waals surface area contributed by atoms with Gasteiger partial charge in [-0.25, -0.2) is 9.97 Å². The zero-order valence-electron chi connectivity index (χ0n) is 15.8. The molecule has 9 heteroatoms. The molecule has 0 saturated carbocycles. The molecular formula is C17H26BClN4O3. The summed E-state index contributed by atoms with van der Waals surface area (Å²) in [7, 11) is -0.472. The summed E-state index contributed by atoms with van der Waals surface area (Å²) >= 11 is 5.65. The van der Waals surface area contributed by atoms with Gasteiger partial charge in [0.05, 0.1) is 11.2 Å². The van der Waals surface area contributed by atoms with Gasteiger partial charge in [0.15, 0.2) is 0 Å². The van der Waals surface area contributed by atoms with Crippen molar-refractivity contribution in [1.82, 2.24) is 14.9 Å². The third-order valence-electron chi connectivity index (χ3n) is 5.42. The smallest absolute Gasteiger partial charge is 0.399 e. The van der Waals surface area contributed by atoms with Gasteiger partial charge in [-0.15, -0.1) is 11.6 Å². The molecule has 2 aliphatic heterocycles. The van der Waals surface area contributed by atoms with Gasteiger partial charge >= 0.3 is 7.12 Å². The number of likely N-dealkylation sites (tertiary alicyclic amines) is 1. The highest BCUT2D eigenvalue weighted by atomic mass is 35.5. The molecule has 1 unspecified atom stereocenters. The van der Waals surface area contributed by atoms with E-state index >= 15 is 0 Å². The number of hydrogen-bond donors (Lipinski definition) is 1. The van der Waals surface area contributed by atoms with Gasteiger partial charge < -0.3 is 19.5 Å². The van der Waals surface area contributed by atoms with Gasteiger partial charge in [0.2, 0.25) is 11.9 Å². The molecule has 0 aliphatic carbocycles. The van der Waals surface area contributed by atoms with Gasteiger partial charge in [0.25, 0.3) is 0 Å². The lowest BCUT2D eigenvalue weighted by molar-refractivity contribution is -0.129. The normalized spacial score (nSPS) is 24.6. The number of amides is 1. The van der Waals surface area contributed by atoms with E-state index in [1.165, 1.54) is 0 Å². The number of alkyl halides is 1. The van der Waals surface area contributed by atoms with Crippen molar-refractivity contribution in [1.29, 1.82) is 0 Å². The van der Waals surface area contributed by atoms with Crippen LogP contribution in [0, 0.1) is 0 Å². The van der Waals surface area contributed by atoms with E-state index in [-0.39, 0.29) is 17.8 Å². The number of piperidine rings is 1. The summed E-state index contributed by atoms with van der Waals surface area (Å²) in [5.74, 6) is 0.525. The van der Waals surface area contributed by atoms with E-state index in [1.807, 2.05) is 27.7 Å². The third kappa shape index (κ3) is 3.97. The molecule has 26 heavy (non-hydrogen) atoms. The van der Waals surface area contributed by atoms with E-state index in [4.69, 9.17) is 20.9 Å². The monoisotopic (exact) mass is 380 g/mol. The fourth-order valence-electron chi connectivity index (χ4n) is 3.10. The summed E-state index contributed by atoms with van der Waals surface area (Å²) in [5.41, 5.74) is 0.00120. The summed E-state index contributed by atoms with van der Waals surface area (Å²) in [6.45, 7) is 9.43. The Morgan fingerprint density at radius 3 is 2.50 bits per heavy atom. The van der Waals surface area contributed by atoms with Crippen LogP contribution >= 0.6 is 11.6 Å². The lowest BCUT2D eigenvalue weighted by Gasteiger charge is -2.32. The van der Waals surface area contributed by atoms with E-state index < -0.39 is 18.3 Å². The Hall–Kier alpha value is -1.38. The summed E-state index contributed by atoms with van der Waals surface area (Å²) in [5, 5.41) is 3.30. The molecule has 1 atom stereocenters. The van der Waals surface area contributed by atoms with Gasteiger partial charge in [0.1, 0.15) is 5.88 Å². The summed E-state index contributed by atoms with van der Waals surface area (Å²) in [4.78, 5) is 22.3. The molecule has 1 amide bonds. The second-order valence-electron chi connectivity index (χ2n) is 7.89. The van der Waals surface area contributed by atoms with Crippen molar-refractivity contribution >= 4 is 36.0 Å². The van der Waals surface area contributed by atoms with Crippen molar-refractivity contribution in [3.8, 4) is 0 Å². The molecule has 0 radical (unpaired) electrons. The minimum atomic E-state index is -0.472. The van der Waals surface area contributed by atoms with Crippen molar-refractivity contribution < 1.29 is 14.1 Å². The number of anilines is 1. The Morgan fingerprint density at radius 1 is 1.31 bits per heavy atom. The number of carbonyl (C=O) groups is 1. The molecule has 0 aromatic carbocycles. The minimum absolute atomic E-state index is 0.0198. The Labute approximate surface area is 159 Å². The van der Waals surface area contributed by atoms with Crippen LogP contribution in [0.25, 0.3) is 0 Å². The molecule has 1 N–H and O–H groups in total. The predicted molar refractivity (Wildman–Crippen MR) is 102 cm³/mol. The molecule has 7 nitrogen and oxygen atoms in total. The quantitative estimate of drug-likeness (QED) is 0.629. The van der Waals surface area contributed by atoms with Crippen LogP contribution < -0.4 is 10.8 Å². The maximum absolute atomic E-state index is 11.8. The predicted octanol–water partition coefficient (Wildman–Crippen LogP) is 1.42. The first kappa shape index (κ1) is 19.4. The van der Waals surface area contributed by atoms with E-state index in [0.29, 0.717) is 12.5 Å². The van der Waals surface area contributed by atoms with Gasteiger partial charge in [-0.3, -0.25) is 4.79 Å². The van der Waals surface area contributed by atoms with Gasteiger partial charge in [-0.2, -0.15) is 0 Å². The van der Waals surface area contributed by atoms with Crippen molar-refractivity contribution in [2.45, 2.75) is 57.8 Å². The zero-order chi connectivity index (χ0) is 18.9. The third-order valence-corrected chi connectivity index (χ3v) is 5.65. The molecular weight excluding hydrogens is 354 g/mol. The van der Waals surface area contributed by atoms with E-state index in [2.05, 4.69) is 15.3 Å². The largest absolute Gasteiger partial charge is 0.498 e. The van der Waals surface area contributed by atoms with Crippen LogP contribution in [-0.2, 0) is 14.1 Å². The molecule has 2 aliphatic rings. The van der Waals surface area contributed by atoms with Gasteiger partial charge in [-0.05, 0) is 40.5 Å². The number of nitrogens with one attached hydrogen (secondary N) is 1. The Balaban J connectivity index is 1.61. The van der Waals surface area contributed by atoms with E-state index in [1.54, 1.807) is 17.3 Å². The molecule has 3 rings (SSSR count). The summed E-state index contributed by atoms with van der Waals surface area (Å²) in [6.07, 6.45) is 5.35. The van der Waals surface area contributed by atoms with Gasteiger partial charge in [0, 0.05) is 37.0 Å².